The molecule has 0 aromatic carbocycles. The van der Waals surface area contributed by atoms with Crippen LogP contribution in [0.15, 0.2) is 0 Å². The molecule has 0 amide bonds. The molecule has 1 aliphatic heterocycles. The van der Waals surface area contributed by atoms with Crippen LogP contribution in [0.25, 0.3) is 0 Å². The van der Waals surface area contributed by atoms with E-state index in [1.807, 2.05) is 0 Å². The second-order valence-electron chi connectivity index (χ2n) is 7.18. The van der Waals surface area contributed by atoms with Crippen LogP contribution in [0.4, 0.5) is 0 Å². The first-order valence-electron chi connectivity index (χ1n) is 8.53. The van der Waals surface area contributed by atoms with E-state index >= 15 is 0 Å². The van der Waals surface area contributed by atoms with E-state index in [0.29, 0.717) is 6.54 Å². The molecule has 0 aromatic rings. The van der Waals surface area contributed by atoms with Gasteiger partial charge in [-0.1, -0.05) is 33.1 Å². The van der Waals surface area contributed by atoms with Crippen LogP contribution >= 0.6 is 0 Å². The number of hydrogen-bond acceptors (Lipinski definition) is 4. The van der Waals surface area contributed by atoms with Crippen LogP contribution in [-0.2, 0) is 9.84 Å². The fourth-order valence-electron chi connectivity index (χ4n) is 4.16. The summed E-state index contributed by atoms with van der Waals surface area (Å²) in [6.45, 7) is 7.17. The molecular weight excluding hydrogens is 284 g/mol. The zero-order valence-corrected chi connectivity index (χ0v) is 14.8. The van der Waals surface area contributed by atoms with Gasteiger partial charge in [0.1, 0.15) is 9.84 Å². The number of sulfone groups is 1. The maximum Gasteiger partial charge on any atom is 0.148 e. The van der Waals surface area contributed by atoms with E-state index in [0.717, 1.165) is 25.9 Å². The molecule has 4 nitrogen and oxygen atoms in total. The van der Waals surface area contributed by atoms with Crippen molar-refractivity contribution in [3.05, 3.63) is 0 Å². The van der Waals surface area contributed by atoms with Gasteiger partial charge in [-0.25, -0.2) is 8.42 Å². The van der Waals surface area contributed by atoms with Crippen molar-refractivity contribution < 1.29 is 8.42 Å². The Hall–Kier alpha value is -0.130. The lowest BCUT2D eigenvalue weighted by atomic mass is 9.76. The second kappa shape index (κ2) is 6.55. The monoisotopic (exact) mass is 316 g/mol. The van der Waals surface area contributed by atoms with Crippen molar-refractivity contribution in [1.29, 1.82) is 0 Å². The molecular formula is C16H32N2O2S. The molecule has 21 heavy (non-hydrogen) atoms. The highest BCUT2D eigenvalue weighted by molar-refractivity contribution is 7.90. The van der Waals surface area contributed by atoms with E-state index in [2.05, 4.69) is 24.1 Å². The van der Waals surface area contributed by atoms with Gasteiger partial charge in [0.05, 0.1) is 5.75 Å². The van der Waals surface area contributed by atoms with Crippen LogP contribution in [0.2, 0.25) is 0 Å². The molecule has 1 saturated heterocycles. The molecule has 1 saturated carbocycles. The summed E-state index contributed by atoms with van der Waals surface area (Å²) in [5.41, 5.74) is 0.372. The number of hydrogen-bond donors (Lipinski definition) is 1. The van der Waals surface area contributed by atoms with E-state index in [1.165, 1.54) is 38.4 Å². The third kappa shape index (κ3) is 3.99. The lowest BCUT2D eigenvalue weighted by molar-refractivity contribution is -0.00992. The highest BCUT2D eigenvalue weighted by Crippen LogP contribution is 2.37. The van der Waals surface area contributed by atoms with Crippen LogP contribution in [0.3, 0.4) is 0 Å². The number of rotatable bonds is 5. The standard InChI is InChI=1S/C16H32N2O2S/c1-4-16(5-2)13-17-15(9-7-6-8-10-15)14-18(16)11-12-21(3,19)20/h17H,4-14H2,1-3H3. The first-order chi connectivity index (χ1) is 9.85. The number of piperazine rings is 1. The second-order valence-corrected chi connectivity index (χ2v) is 9.44. The highest BCUT2D eigenvalue weighted by Gasteiger charge is 2.45. The van der Waals surface area contributed by atoms with Crippen LogP contribution in [-0.4, -0.2) is 56.0 Å². The fourth-order valence-corrected chi connectivity index (χ4v) is 4.71. The Morgan fingerprint density at radius 2 is 1.71 bits per heavy atom. The Balaban J connectivity index is 2.14. The van der Waals surface area contributed by atoms with Gasteiger partial charge in [0.25, 0.3) is 0 Å². The average Bonchev–Trinajstić information content (AvgIpc) is 2.46. The van der Waals surface area contributed by atoms with Crippen molar-refractivity contribution in [1.82, 2.24) is 10.2 Å². The Labute approximate surface area is 130 Å². The molecule has 0 unspecified atom stereocenters. The first-order valence-corrected chi connectivity index (χ1v) is 10.6. The molecule has 1 aliphatic carbocycles. The summed E-state index contributed by atoms with van der Waals surface area (Å²) in [6, 6.07) is 0. The maximum absolute atomic E-state index is 11.6. The highest BCUT2D eigenvalue weighted by atomic mass is 32.2. The van der Waals surface area contributed by atoms with E-state index in [4.69, 9.17) is 0 Å². The summed E-state index contributed by atoms with van der Waals surface area (Å²) in [5, 5.41) is 3.86. The summed E-state index contributed by atoms with van der Waals surface area (Å²) >= 11 is 0. The predicted molar refractivity (Wildman–Crippen MR) is 88.4 cm³/mol. The zero-order valence-electron chi connectivity index (χ0n) is 14.0. The Kier molecular flexibility index (Phi) is 5.37. The van der Waals surface area contributed by atoms with Gasteiger partial charge in [-0.15, -0.1) is 0 Å². The average molecular weight is 317 g/mol. The van der Waals surface area contributed by atoms with Crippen LogP contribution < -0.4 is 5.32 Å². The first kappa shape index (κ1) is 17.2. The molecule has 1 N–H and O–H groups in total. The minimum Gasteiger partial charge on any atom is -0.308 e. The van der Waals surface area contributed by atoms with Crippen molar-refractivity contribution in [3.63, 3.8) is 0 Å². The van der Waals surface area contributed by atoms with Gasteiger partial charge in [0.15, 0.2) is 0 Å². The van der Waals surface area contributed by atoms with Crippen LogP contribution in [0.1, 0.15) is 58.8 Å². The molecule has 0 atom stereocenters. The zero-order chi connectivity index (χ0) is 15.6. The Bertz CT molecular complexity index is 437. The lowest BCUT2D eigenvalue weighted by Crippen LogP contribution is -2.70. The van der Waals surface area contributed by atoms with E-state index in [9.17, 15) is 8.42 Å². The smallest absolute Gasteiger partial charge is 0.148 e. The molecule has 0 radical (unpaired) electrons. The summed E-state index contributed by atoms with van der Waals surface area (Å²) in [5.74, 6) is 0.283. The quantitative estimate of drug-likeness (QED) is 0.845. The number of nitrogens with zero attached hydrogens (tertiary/aromatic N) is 1. The minimum atomic E-state index is -2.89. The molecule has 5 heteroatoms. The summed E-state index contributed by atoms with van der Waals surface area (Å²) in [6.07, 6.45) is 9.95. The van der Waals surface area contributed by atoms with Gasteiger partial charge in [0, 0.05) is 37.0 Å². The molecule has 124 valence electrons. The third-order valence-electron chi connectivity index (χ3n) is 5.82. The minimum absolute atomic E-state index is 0.132. The molecule has 2 rings (SSSR count). The molecule has 0 bridgehead atoms. The van der Waals surface area contributed by atoms with Crippen molar-refractivity contribution >= 4 is 9.84 Å². The van der Waals surface area contributed by atoms with Crippen molar-refractivity contribution in [3.8, 4) is 0 Å². The van der Waals surface area contributed by atoms with Gasteiger partial charge < -0.3 is 5.32 Å². The largest absolute Gasteiger partial charge is 0.308 e. The summed E-state index contributed by atoms with van der Waals surface area (Å²) < 4.78 is 23.2. The lowest BCUT2D eigenvalue weighted by Gasteiger charge is -2.55. The SMILES string of the molecule is CCC1(CC)CNC2(CCCCC2)CN1CCS(C)(=O)=O. The Morgan fingerprint density at radius 1 is 1.10 bits per heavy atom. The normalized spacial score (nSPS) is 26.0. The van der Waals surface area contributed by atoms with Gasteiger partial charge in [-0.3, -0.25) is 4.90 Å². The van der Waals surface area contributed by atoms with Crippen LogP contribution in [0.5, 0.6) is 0 Å². The van der Waals surface area contributed by atoms with Gasteiger partial charge in [0.2, 0.25) is 0 Å². The molecule has 1 spiro atoms. The van der Waals surface area contributed by atoms with Gasteiger partial charge >= 0.3 is 0 Å². The summed E-state index contributed by atoms with van der Waals surface area (Å²) in [4.78, 5) is 2.50. The van der Waals surface area contributed by atoms with Crippen molar-refractivity contribution in [2.75, 3.05) is 31.6 Å². The number of nitrogens with one attached hydrogen (secondary N) is 1. The fraction of sp³-hybridized carbons (Fsp3) is 1.00. The molecule has 2 fully saturated rings. The van der Waals surface area contributed by atoms with E-state index < -0.39 is 9.84 Å². The molecule has 0 aromatic heterocycles. The van der Waals surface area contributed by atoms with Crippen LogP contribution in [0, 0.1) is 0 Å². The van der Waals surface area contributed by atoms with Crippen molar-refractivity contribution in [2.45, 2.75) is 69.9 Å². The third-order valence-corrected chi connectivity index (χ3v) is 6.74. The van der Waals surface area contributed by atoms with E-state index in [1.54, 1.807) is 0 Å². The predicted octanol–water partition coefficient (Wildman–Crippen LogP) is 2.20. The van der Waals surface area contributed by atoms with Gasteiger partial charge in [-0.05, 0) is 25.7 Å². The summed E-state index contributed by atoms with van der Waals surface area (Å²) in [7, 11) is -2.89. The van der Waals surface area contributed by atoms with Gasteiger partial charge in [-0.2, -0.15) is 0 Å². The Morgan fingerprint density at radius 3 is 2.24 bits per heavy atom. The molecule has 2 aliphatic rings. The van der Waals surface area contributed by atoms with Crippen molar-refractivity contribution in [2.24, 2.45) is 0 Å². The molecule has 1 heterocycles. The topological polar surface area (TPSA) is 49.4 Å². The maximum atomic E-state index is 11.6. The van der Waals surface area contributed by atoms with E-state index in [-0.39, 0.29) is 16.8 Å².